The number of hydrogen-bond acceptors (Lipinski definition) is 3. The minimum Gasteiger partial charge on any atom is -0.269 e. The first kappa shape index (κ1) is 14.3. The molecule has 1 aromatic carbocycles. The van der Waals surface area contributed by atoms with Crippen LogP contribution in [-0.4, -0.2) is 18.2 Å². The lowest BCUT2D eigenvalue weighted by Gasteiger charge is -2.09. The van der Waals surface area contributed by atoms with E-state index in [-0.39, 0.29) is 10.6 Å². The summed E-state index contributed by atoms with van der Waals surface area (Å²) in [7, 11) is -3.71. The van der Waals surface area contributed by atoms with Crippen LogP contribution in [0.15, 0.2) is 41.4 Å². The van der Waals surface area contributed by atoms with Crippen LogP contribution in [0.1, 0.15) is 37.4 Å². The predicted octanol–water partition coefficient (Wildman–Crippen LogP) is 3.11. The van der Waals surface area contributed by atoms with E-state index in [1.54, 1.807) is 6.07 Å². The van der Waals surface area contributed by atoms with Gasteiger partial charge in [0.2, 0.25) is 0 Å². The molecule has 112 valence electrons. The van der Waals surface area contributed by atoms with Crippen LogP contribution < -0.4 is 0 Å². The van der Waals surface area contributed by atoms with Gasteiger partial charge in [0, 0.05) is 6.20 Å². The van der Waals surface area contributed by atoms with Gasteiger partial charge < -0.3 is 0 Å². The average molecular weight is 308 g/mol. The van der Waals surface area contributed by atoms with Crippen LogP contribution in [0.2, 0.25) is 0 Å². The monoisotopic (exact) mass is 308 g/mol. The van der Waals surface area contributed by atoms with Crippen molar-refractivity contribution in [3.8, 4) is 0 Å². The molecule has 1 saturated carbocycles. The number of hydrogen-bond donors (Lipinski definition) is 0. The SMILES string of the molecule is O=S(=O)(Cc1ccn(C2CCCC2)n1)c1ccccc1F. The molecule has 6 heteroatoms. The smallest absolute Gasteiger partial charge is 0.187 e. The molecule has 0 atom stereocenters. The highest BCUT2D eigenvalue weighted by Gasteiger charge is 2.22. The molecule has 0 aliphatic heterocycles. The molecule has 0 spiro atoms. The molecule has 0 unspecified atom stereocenters. The second-order valence-electron chi connectivity index (χ2n) is 5.41. The fourth-order valence-electron chi connectivity index (χ4n) is 2.80. The highest BCUT2D eigenvalue weighted by atomic mass is 32.2. The summed E-state index contributed by atoms with van der Waals surface area (Å²) in [6.45, 7) is 0. The zero-order chi connectivity index (χ0) is 14.9. The van der Waals surface area contributed by atoms with Crippen molar-refractivity contribution in [1.82, 2.24) is 9.78 Å². The maximum atomic E-state index is 13.6. The maximum Gasteiger partial charge on any atom is 0.187 e. The van der Waals surface area contributed by atoms with Crippen molar-refractivity contribution in [1.29, 1.82) is 0 Å². The number of aromatic nitrogens is 2. The van der Waals surface area contributed by atoms with Crippen LogP contribution in [0.25, 0.3) is 0 Å². The van der Waals surface area contributed by atoms with Crippen LogP contribution in [0.4, 0.5) is 4.39 Å². The summed E-state index contributed by atoms with van der Waals surface area (Å²) in [5, 5.41) is 4.35. The zero-order valence-electron chi connectivity index (χ0n) is 11.6. The number of nitrogens with zero attached hydrogens (tertiary/aromatic N) is 2. The van der Waals surface area contributed by atoms with Crippen LogP contribution in [0.5, 0.6) is 0 Å². The average Bonchev–Trinajstić information content (AvgIpc) is 3.09. The molecule has 1 fully saturated rings. The first-order chi connectivity index (χ1) is 10.1. The van der Waals surface area contributed by atoms with Crippen LogP contribution >= 0.6 is 0 Å². The van der Waals surface area contributed by atoms with Gasteiger partial charge in [-0.2, -0.15) is 5.10 Å². The number of halogens is 1. The largest absolute Gasteiger partial charge is 0.269 e. The second-order valence-corrected chi connectivity index (χ2v) is 7.37. The van der Waals surface area contributed by atoms with Crippen molar-refractivity contribution >= 4 is 9.84 Å². The van der Waals surface area contributed by atoms with Gasteiger partial charge >= 0.3 is 0 Å². The minimum absolute atomic E-state index is 0.264. The van der Waals surface area contributed by atoms with E-state index in [2.05, 4.69) is 5.10 Å². The molecule has 1 aliphatic carbocycles. The first-order valence-electron chi connectivity index (χ1n) is 7.07. The fraction of sp³-hybridized carbons (Fsp3) is 0.400. The Morgan fingerprint density at radius 1 is 1.19 bits per heavy atom. The van der Waals surface area contributed by atoms with E-state index in [4.69, 9.17) is 0 Å². The van der Waals surface area contributed by atoms with Gasteiger partial charge in [0.25, 0.3) is 0 Å². The molecule has 0 saturated heterocycles. The van der Waals surface area contributed by atoms with E-state index >= 15 is 0 Å². The van der Waals surface area contributed by atoms with Gasteiger partial charge in [-0.3, -0.25) is 4.68 Å². The van der Waals surface area contributed by atoms with Crippen molar-refractivity contribution in [2.45, 2.75) is 42.4 Å². The Bertz CT molecular complexity index is 734. The Morgan fingerprint density at radius 3 is 2.62 bits per heavy atom. The third-order valence-corrected chi connectivity index (χ3v) is 5.55. The molecule has 2 aromatic rings. The van der Waals surface area contributed by atoms with Gasteiger partial charge in [-0.05, 0) is 31.0 Å². The summed E-state index contributed by atoms with van der Waals surface area (Å²) in [5.41, 5.74) is 0.463. The normalized spacial score (nSPS) is 16.4. The van der Waals surface area contributed by atoms with Gasteiger partial charge in [-0.15, -0.1) is 0 Å². The summed E-state index contributed by atoms with van der Waals surface area (Å²) in [6.07, 6.45) is 6.37. The molecule has 1 aromatic heterocycles. The van der Waals surface area contributed by atoms with Crippen molar-refractivity contribution < 1.29 is 12.8 Å². The summed E-state index contributed by atoms with van der Waals surface area (Å²) in [4.78, 5) is -0.264. The van der Waals surface area contributed by atoms with Gasteiger partial charge in [-0.25, -0.2) is 12.8 Å². The Balaban J connectivity index is 1.81. The Kier molecular flexibility index (Phi) is 3.80. The topological polar surface area (TPSA) is 52.0 Å². The van der Waals surface area contributed by atoms with Crippen molar-refractivity contribution in [3.05, 3.63) is 48.0 Å². The standard InChI is InChI=1S/C15H17FN2O2S/c16-14-7-3-4-8-15(14)21(19,20)11-12-9-10-18(17-12)13-5-1-2-6-13/h3-4,7-10,13H,1-2,5-6,11H2. The van der Waals surface area contributed by atoms with Gasteiger partial charge in [0.05, 0.1) is 17.5 Å². The van der Waals surface area contributed by atoms with Crippen molar-refractivity contribution in [3.63, 3.8) is 0 Å². The van der Waals surface area contributed by atoms with E-state index in [0.717, 1.165) is 18.9 Å². The second kappa shape index (κ2) is 5.60. The molecular weight excluding hydrogens is 291 g/mol. The van der Waals surface area contributed by atoms with Crippen LogP contribution in [-0.2, 0) is 15.6 Å². The lowest BCUT2D eigenvalue weighted by molar-refractivity contribution is 0.464. The summed E-state index contributed by atoms with van der Waals surface area (Å²) >= 11 is 0. The quantitative estimate of drug-likeness (QED) is 0.872. The lowest BCUT2D eigenvalue weighted by Crippen LogP contribution is -2.10. The summed E-state index contributed by atoms with van der Waals surface area (Å²) in [5.74, 6) is -0.985. The van der Waals surface area contributed by atoms with Gasteiger partial charge in [0.15, 0.2) is 9.84 Å². The Labute approximate surface area is 123 Å². The van der Waals surface area contributed by atoms with Gasteiger partial charge in [-0.1, -0.05) is 25.0 Å². The number of rotatable bonds is 4. The third-order valence-electron chi connectivity index (χ3n) is 3.87. The van der Waals surface area contributed by atoms with Crippen LogP contribution in [0, 0.1) is 5.82 Å². The first-order valence-corrected chi connectivity index (χ1v) is 8.73. The molecule has 0 N–H and O–H groups in total. The molecule has 0 amide bonds. The highest BCUT2D eigenvalue weighted by molar-refractivity contribution is 7.90. The zero-order valence-corrected chi connectivity index (χ0v) is 12.4. The molecule has 0 radical (unpaired) electrons. The number of benzene rings is 1. The Morgan fingerprint density at radius 2 is 1.90 bits per heavy atom. The summed E-state index contributed by atoms with van der Waals surface area (Å²) < 4.78 is 40.0. The molecular formula is C15H17FN2O2S. The van der Waals surface area contributed by atoms with E-state index in [0.29, 0.717) is 11.7 Å². The molecule has 0 bridgehead atoms. The summed E-state index contributed by atoms with van der Waals surface area (Å²) in [6, 6.07) is 7.52. The maximum absolute atomic E-state index is 13.6. The predicted molar refractivity (Wildman–Crippen MR) is 77.0 cm³/mol. The lowest BCUT2D eigenvalue weighted by atomic mass is 10.3. The van der Waals surface area contributed by atoms with Crippen LogP contribution in [0.3, 0.4) is 0 Å². The molecule has 1 aliphatic rings. The third kappa shape index (κ3) is 3.00. The van der Waals surface area contributed by atoms with E-state index in [1.807, 2.05) is 10.9 Å². The molecule has 4 nitrogen and oxygen atoms in total. The molecule has 1 heterocycles. The Hall–Kier alpha value is -1.69. The minimum atomic E-state index is -3.71. The molecule has 21 heavy (non-hydrogen) atoms. The van der Waals surface area contributed by atoms with Gasteiger partial charge in [0.1, 0.15) is 10.7 Å². The van der Waals surface area contributed by atoms with Crippen molar-refractivity contribution in [2.75, 3.05) is 0 Å². The molecule has 3 rings (SSSR count). The fourth-order valence-corrected chi connectivity index (χ4v) is 4.15. The number of sulfone groups is 1. The van der Waals surface area contributed by atoms with Crippen molar-refractivity contribution in [2.24, 2.45) is 0 Å². The van der Waals surface area contributed by atoms with E-state index in [9.17, 15) is 12.8 Å². The highest BCUT2D eigenvalue weighted by Crippen LogP contribution is 2.29. The van der Waals surface area contributed by atoms with E-state index in [1.165, 1.54) is 31.0 Å². The van der Waals surface area contributed by atoms with E-state index < -0.39 is 15.7 Å².